The van der Waals surface area contributed by atoms with Crippen LogP contribution in [-0.4, -0.2) is 6.54 Å². The van der Waals surface area contributed by atoms with E-state index in [0.29, 0.717) is 6.54 Å². The molecule has 0 saturated carbocycles. The van der Waals surface area contributed by atoms with E-state index in [4.69, 9.17) is 6.42 Å². The monoisotopic (exact) mass is 165 g/mol. The molecule has 0 atom stereocenters. The lowest BCUT2D eigenvalue weighted by Gasteiger charge is -1.94. The van der Waals surface area contributed by atoms with E-state index in [1.807, 2.05) is 11.3 Å². The number of nitrogens with one attached hydrogen (secondary N) is 1. The van der Waals surface area contributed by atoms with E-state index in [2.05, 4.69) is 30.3 Å². The molecule has 1 nitrogen and oxygen atoms in total. The first kappa shape index (κ1) is 8.32. The van der Waals surface area contributed by atoms with Crippen molar-refractivity contribution in [3.63, 3.8) is 0 Å². The van der Waals surface area contributed by atoms with Crippen molar-refractivity contribution >= 4 is 11.3 Å². The van der Waals surface area contributed by atoms with Crippen LogP contribution in [0.15, 0.2) is 12.1 Å². The van der Waals surface area contributed by atoms with Crippen molar-refractivity contribution in [3.8, 4) is 12.3 Å². The van der Waals surface area contributed by atoms with Crippen molar-refractivity contribution in [1.82, 2.24) is 5.32 Å². The average molecular weight is 165 g/mol. The van der Waals surface area contributed by atoms with Crippen molar-refractivity contribution in [3.05, 3.63) is 21.9 Å². The molecule has 0 amide bonds. The molecule has 0 aliphatic carbocycles. The van der Waals surface area contributed by atoms with Gasteiger partial charge in [-0.05, 0) is 19.1 Å². The molecule has 0 saturated heterocycles. The summed E-state index contributed by atoms with van der Waals surface area (Å²) < 4.78 is 0. The van der Waals surface area contributed by atoms with Crippen molar-refractivity contribution in [2.75, 3.05) is 6.54 Å². The Morgan fingerprint density at radius 2 is 2.45 bits per heavy atom. The number of aryl methyl sites for hydroxylation is 1. The van der Waals surface area contributed by atoms with Gasteiger partial charge in [-0.2, -0.15) is 0 Å². The summed E-state index contributed by atoms with van der Waals surface area (Å²) in [6.07, 6.45) is 5.09. The second kappa shape index (κ2) is 4.17. The minimum Gasteiger partial charge on any atom is -0.301 e. The summed E-state index contributed by atoms with van der Waals surface area (Å²) in [5.74, 6) is 2.54. The first-order valence-electron chi connectivity index (χ1n) is 3.52. The molecular weight excluding hydrogens is 154 g/mol. The van der Waals surface area contributed by atoms with E-state index in [-0.39, 0.29) is 0 Å². The summed E-state index contributed by atoms with van der Waals surface area (Å²) in [6.45, 7) is 3.65. The summed E-state index contributed by atoms with van der Waals surface area (Å²) >= 11 is 1.81. The Bertz CT molecular complexity index is 257. The normalized spacial score (nSPS) is 9.45. The second-order valence-corrected chi connectivity index (χ2v) is 3.69. The highest BCUT2D eigenvalue weighted by Gasteiger charge is 1.93. The Morgan fingerprint density at radius 1 is 1.64 bits per heavy atom. The van der Waals surface area contributed by atoms with E-state index >= 15 is 0 Å². The molecule has 58 valence electrons. The molecule has 11 heavy (non-hydrogen) atoms. The standard InChI is InChI=1S/C9H11NS/c1-3-6-10-7-9-5-4-8(2)11-9/h1,4-5,10H,6-7H2,2H3. The molecule has 1 heterocycles. The van der Waals surface area contributed by atoms with E-state index in [9.17, 15) is 0 Å². The van der Waals surface area contributed by atoms with Gasteiger partial charge in [0.25, 0.3) is 0 Å². The SMILES string of the molecule is C#CCNCc1ccc(C)s1. The lowest BCUT2D eigenvalue weighted by atomic mass is 10.4. The zero-order chi connectivity index (χ0) is 8.10. The predicted molar refractivity (Wildman–Crippen MR) is 49.6 cm³/mol. The van der Waals surface area contributed by atoms with E-state index < -0.39 is 0 Å². The van der Waals surface area contributed by atoms with Crippen LogP contribution >= 0.6 is 11.3 Å². The van der Waals surface area contributed by atoms with Gasteiger partial charge in [-0.15, -0.1) is 17.8 Å². The second-order valence-electron chi connectivity index (χ2n) is 2.32. The van der Waals surface area contributed by atoms with Gasteiger partial charge in [0.05, 0.1) is 6.54 Å². The summed E-state index contributed by atoms with van der Waals surface area (Å²) in [4.78, 5) is 2.69. The molecule has 0 spiro atoms. The molecule has 0 bridgehead atoms. The molecule has 1 aromatic rings. The third-order valence-corrected chi connectivity index (χ3v) is 2.32. The van der Waals surface area contributed by atoms with E-state index in [0.717, 1.165) is 6.54 Å². The summed E-state index contributed by atoms with van der Waals surface area (Å²) in [7, 11) is 0. The van der Waals surface area contributed by atoms with Crippen LogP contribution in [0.2, 0.25) is 0 Å². The molecule has 0 fully saturated rings. The van der Waals surface area contributed by atoms with Gasteiger partial charge in [0.2, 0.25) is 0 Å². The van der Waals surface area contributed by atoms with Crippen molar-refractivity contribution in [2.45, 2.75) is 13.5 Å². The number of rotatable bonds is 3. The summed E-state index contributed by atoms with van der Waals surface area (Å²) in [5.41, 5.74) is 0. The third kappa shape index (κ3) is 2.75. The molecular formula is C9H11NS. The van der Waals surface area contributed by atoms with Crippen LogP contribution < -0.4 is 5.32 Å². The Kier molecular flexibility index (Phi) is 3.15. The highest BCUT2D eigenvalue weighted by atomic mass is 32.1. The number of terminal acetylenes is 1. The number of hydrogen-bond donors (Lipinski definition) is 1. The fourth-order valence-electron chi connectivity index (χ4n) is 0.838. The molecule has 0 radical (unpaired) electrons. The minimum absolute atomic E-state index is 0.650. The van der Waals surface area contributed by atoms with Gasteiger partial charge in [-0.25, -0.2) is 0 Å². The van der Waals surface area contributed by atoms with Gasteiger partial charge >= 0.3 is 0 Å². The third-order valence-electron chi connectivity index (χ3n) is 1.32. The summed E-state index contributed by atoms with van der Waals surface area (Å²) in [6, 6.07) is 4.25. The number of hydrogen-bond acceptors (Lipinski definition) is 2. The Balaban J connectivity index is 2.34. The minimum atomic E-state index is 0.650. The Labute approximate surface area is 71.4 Å². The van der Waals surface area contributed by atoms with Crippen molar-refractivity contribution in [1.29, 1.82) is 0 Å². The Morgan fingerprint density at radius 3 is 3.00 bits per heavy atom. The van der Waals surface area contributed by atoms with E-state index in [1.54, 1.807) is 0 Å². The maximum atomic E-state index is 5.09. The van der Waals surface area contributed by atoms with Gasteiger partial charge < -0.3 is 5.32 Å². The van der Waals surface area contributed by atoms with Crippen molar-refractivity contribution < 1.29 is 0 Å². The molecule has 1 aromatic heterocycles. The quantitative estimate of drug-likeness (QED) is 0.532. The van der Waals surface area contributed by atoms with Crippen LogP contribution in [0.4, 0.5) is 0 Å². The van der Waals surface area contributed by atoms with Crippen LogP contribution in [0.25, 0.3) is 0 Å². The van der Waals surface area contributed by atoms with Crippen LogP contribution in [0.1, 0.15) is 9.75 Å². The largest absolute Gasteiger partial charge is 0.301 e. The lowest BCUT2D eigenvalue weighted by Crippen LogP contribution is -2.11. The van der Waals surface area contributed by atoms with Crippen LogP contribution in [0.3, 0.4) is 0 Å². The smallest absolute Gasteiger partial charge is 0.0576 e. The number of thiophene rings is 1. The topological polar surface area (TPSA) is 12.0 Å². The molecule has 0 aromatic carbocycles. The molecule has 0 aliphatic rings. The van der Waals surface area contributed by atoms with Gasteiger partial charge in [-0.3, -0.25) is 0 Å². The van der Waals surface area contributed by atoms with Crippen molar-refractivity contribution in [2.24, 2.45) is 0 Å². The van der Waals surface area contributed by atoms with E-state index in [1.165, 1.54) is 9.75 Å². The van der Waals surface area contributed by atoms with Crippen LogP contribution in [0, 0.1) is 19.3 Å². The fourth-order valence-corrected chi connectivity index (χ4v) is 1.70. The molecule has 1 N–H and O–H groups in total. The predicted octanol–water partition coefficient (Wildman–Crippen LogP) is 1.78. The van der Waals surface area contributed by atoms with Gasteiger partial charge in [0.15, 0.2) is 0 Å². The molecule has 1 rings (SSSR count). The molecule has 0 unspecified atom stereocenters. The molecule has 2 heteroatoms. The first-order chi connectivity index (χ1) is 5.33. The fraction of sp³-hybridized carbons (Fsp3) is 0.333. The van der Waals surface area contributed by atoms with Gasteiger partial charge in [-0.1, -0.05) is 5.92 Å². The highest BCUT2D eigenvalue weighted by Crippen LogP contribution is 2.13. The maximum absolute atomic E-state index is 5.09. The zero-order valence-corrected chi connectivity index (χ0v) is 7.37. The Hall–Kier alpha value is -0.780. The van der Waals surface area contributed by atoms with Gasteiger partial charge in [0, 0.05) is 16.3 Å². The van der Waals surface area contributed by atoms with Crippen LogP contribution in [0.5, 0.6) is 0 Å². The summed E-state index contributed by atoms with van der Waals surface area (Å²) in [5, 5.41) is 3.14. The average Bonchev–Trinajstić information content (AvgIpc) is 2.37. The van der Waals surface area contributed by atoms with Crippen LogP contribution in [-0.2, 0) is 6.54 Å². The maximum Gasteiger partial charge on any atom is 0.0576 e. The highest BCUT2D eigenvalue weighted by molar-refractivity contribution is 7.11. The molecule has 0 aliphatic heterocycles. The zero-order valence-electron chi connectivity index (χ0n) is 6.55. The first-order valence-corrected chi connectivity index (χ1v) is 4.34. The van der Waals surface area contributed by atoms with Gasteiger partial charge in [0.1, 0.15) is 0 Å². The lowest BCUT2D eigenvalue weighted by molar-refractivity contribution is 0.781.